The van der Waals surface area contributed by atoms with E-state index in [0.29, 0.717) is 6.54 Å². The van der Waals surface area contributed by atoms with E-state index in [2.05, 4.69) is 6.58 Å². The molecule has 0 bridgehead atoms. The summed E-state index contributed by atoms with van der Waals surface area (Å²) in [5.74, 6) is -1.08. The van der Waals surface area contributed by atoms with E-state index in [0.717, 1.165) is 16.0 Å². The lowest BCUT2D eigenvalue weighted by Gasteiger charge is -2.27. The predicted molar refractivity (Wildman–Crippen MR) is 129 cm³/mol. The van der Waals surface area contributed by atoms with Gasteiger partial charge in [-0.15, -0.1) is 17.9 Å². The molecule has 0 saturated heterocycles. The number of nitrogens with zero attached hydrogens (tertiary/aromatic N) is 3. The second kappa shape index (κ2) is 11.3. The van der Waals surface area contributed by atoms with Crippen molar-refractivity contribution in [3.05, 3.63) is 110 Å². The smallest absolute Gasteiger partial charge is 0.269 e. The summed E-state index contributed by atoms with van der Waals surface area (Å²) in [6.45, 7) is 6.18. The number of carbonyl (C=O) groups excluding carboxylic acids is 2. The predicted octanol–water partition coefficient (Wildman–Crippen LogP) is 4.96. The van der Waals surface area contributed by atoms with E-state index >= 15 is 0 Å². The van der Waals surface area contributed by atoms with Gasteiger partial charge in [-0.1, -0.05) is 18.2 Å². The number of nitro groups is 1. The molecule has 2 aromatic carbocycles. The number of non-ortho nitro benzene ring substituents is 1. The summed E-state index contributed by atoms with van der Waals surface area (Å²) in [4.78, 5) is 40.7. The van der Waals surface area contributed by atoms with E-state index in [4.69, 9.17) is 0 Å². The van der Waals surface area contributed by atoms with Crippen LogP contribution in [0.4, 0.5) is 10.1 Å². The molecule has 9 heteroatoms. The van der Waals surface area contributed by atoms with E-state index < -0.39 is 10.8 Å². The molecule has 7 nitrogen and oxygen atoms in total. The number of benzene rings is 2. The number of thiophene rings is 1. The largest absolute Gasteiger partial charge is 0.332 e. The van der Waals surface area contributed by atoms with Crippen LogP contribution in [0.15, 0.2) is 72.6 Å². The standard InChI is InChI=1S/C25H24FN3O4S/c1-3-13-27(25(31)20-6-10-22(11-7-20)29(32)33)17-24(30)28(16-23-18(2)12-14-34-23)15-19-4-8-21(26)9-5-19/h3-12,14H,1,13,15-17H2,2H3. The summed E-state index contributed by atoms with van der Waals surface area (Å²) in [6, 6.07) is 13.2. The zero-order valence-corrected chi connectivity index (χ0v) is 19.5. The Labute approximate surface area is 200 Å². The summed E-state index contributed by atoms with van der Waals surface area (Å²) in [5, 5.41) is 12.8. The molecule has 0 aliphatic carbocycles. The summed E-state index contributed by atoms with van der Waals surface area (Å²) < 4.78 is 13.3. The molecule has 0 aliphatic heterocycles. The second-order valence-electron chi connectivity index (χ2n) is 7.68. The van der Waals surface area contributed by atoms with Gasteiger partial charge < -0.3 is 9.80 Å². The topological polar surface area (TPSA) is 83.8 Å². The zero-order chi connectivity index (χ0) is 24.7. The fourth-order valence-corrected chi connectivity index (χ4v) is 4.25. The average Bonchev–Trinajstić information content (AvgIpc) is 3.23. The highest BCUT2D eigenvalue weighted by Gasteiger charge is 2.23. The van der Waals surface area contributed by atoms with Gasteiger partial charge >= 0.3 is 0 Å². The fourth-order valence-electron chi connectivity index (χ4n) is 3.33. The minimum absolute atomic E-state index is 0.125. The van der Waals surface area contributed by atoms with Crippen LogP contribution in [0.5, 0.6) is 0 Å². The van der Waals surface area contributed by atoms with Crippen LogP contribution in [-0.2, 0) is 17.9 Å². The van der Waals surface area contributed by atoms with Gasteiger partial charge in [0.2, 0.25) is 5.91 Å². The van der Waals surface area contributed by atoms with Gasteiger partial charge in [0, 0.05) is 35.7 Å². The average molecular weight is 482 g/mol. The molecule has 0 fully saturated rings. The second-order valence-corrected chi connectivity index (χ2v) is 8.68. The van der Waals surface area contributed by atoms with Crippen molar-refractivity contribution in [1.29, 1.82) is 0 Å². The van der Waals surface area contributed by atoms with Gasteiger partial charge in [-0.25, -0.2) is 4.39 Å². The zero-order valence-electron chi connectivity index (χ0n) is 18.6. The first-order valence-corrected chi connectivity index (χ1v) is 11.4. The van der Waals surface area contributed by atoms with Crippen molar-refractivity contribution in [3.63, 3.8) is 0 Å². The number of amides is 2. The first-order valence-electron chi connectivity index (χ1n) is 10.5. The van der Waals surface area contributed by atoms with Crippen molar-refractivity contribution in [2.75, 3.05) is 13.1 Å². The van der Waals surface area contributed by atoms with Crippen LogP contribution in [0.3, 0.4) is 0 Å². The molecule has 0 saturated carbocycles. The number of hydrogen-bond acceptors (Lipinski definition) is 5. The Morgan fingerprint density at radius 3 is 2.29 bits per heavy atom. The Bertz CT molecular complexity index is 1180. The molecule has 34 heavy (non-hydrogen) atoms. The molecule has 1 aromatic heterocycles. The Morgan fingerprint density at radius 1 is 1.06 bits per heavy atom. The molecule has 3 aromatic rings. The number of rotatable bonds is 10. The first-order chi connectivity index (χ1) is 16.3. The Balaban J connectivity index is 1.81. The van der Waals surface area contributed by atoms with Gasteiger partial charge in [-0.3, -0.25) is 19.7 Å². The Kier molecular flexibility index (Phi) is 8.26. The summed E-state index contributed by atoms with van der Waals surface area (Å²) in [5.41, 5.74) is 1.94. The van der Waals surface area contributed by atoms with Crippen LogP contribution < -0.4 is 0 Å². The Hall–Kier alpha value is -3.85. The van der Waals surface area contributed by atoms with Gasteiger partial charge in [-0.05, 0) is 53.8 Å². The van der Waals surface area contributed by atoms with Crippen LogP contribution in [0.25, 0.3) is 0 Å². The molecule has 0 unspecified atom stereocenters. The number of halogens is 1. The first kappa shape index (κ1) is 24.8. The van der Waals surface area contributed by atoms with E-state index in [1.165, 1.54) is 58.7 Å². The molecule has 176 valence electrons. The van der Waals surface area contributed by atoms with Gasteiger partial charge in [0.25, 0.3) is 11.6 Å². The lowest BCUT2D eigenvalue weighted by atomic mass is 10.1. The van der Waals surface area contributed by atoms with E-state index in [-0.39, 0.29) is 42.6 Å². The van der Waals surface area contributed by atoms with Crippen LogP contribution in [0.1, 0.15) is 26.4 Å². The minimum Gasteiger partial charge on any atom is -0.332 e. The van der Waals surface area contributed by atoms with Crippen molar-refractivity contribution < 1.29 is 18.9 Å². The molecular formula is C25H24FN3O4S. The molecular weight excluding hydrogens is 457 g/mol. The molecule has 0 N–H and O–H groups in total. The number of nitro benzene ring substituents is 1. The van der Waals surface area contributed by atoms with Crippen molar-refractivity contribution in [2.24, 2.45) is 0 Å². The molecule has 0 aliphatic rings. The van der Waals surface area contributed by atoms with Crippen molar-refractivity contribution in [3.8, 4) is 0 Å². The maximum absolute atomic E-state index is 13.4. The highest BCUT2D eigenvalue weighted by atomic mass is 32.1. The van der Waals surface area contributed by atoms with Crippen LogP contribution in [0, 0.1) is 22.9 Å². The van der Waals surface area contributed by atoms with Crippen molar-refractivity contribution in [1.82, 2.24) is 9.80 Å². The monoisotopic (exact) mass is 481 g/mol. The number of hydrogen-bond donors (Lipinski definition) is 0. The molecule has 0 radical (unpaired) electrons. The van der Waals surface area contributed by atoms with Crippen LogP contribution >= 0.6 is 11.3 Å². The van der Waals surface area contributed by atoms with Crippen LogP contribution in [-0.4, -0.2) is 39.6 Å². The number of carbonyl (C=O) groups is 2. The van der Waals surface area contributed by atoms with Gasteiger partial charge in [-0.2, -0.15) is 0 Å². The molecule has 0 spiro atoms. The highest BCUT2D eigenvalue weighted by Crippen LogP contribution is 2.20. The van der Waals surface area contributed by atoms with Crippen LogP contribution in [0.2, 0.25) is 0 Å². The lowest BCUT2D eigenvalue weighted by molar-refractivity contribution is -0.384. The van der Waals surface area contributed by atoms with E-state index in [9.17, 15) is 24.1 Å². The quantitative estimate of drug-likeness (QED) is 0.233. The third-order valence-electron chi connectivity index (χ3n) is 5.23. The third-order valence-corrected chi connectivity index (χ3v) is 6.24. The summed E-state index contributed by atoms with van der Waals surface area (Å²) >= 11 is 1.54. The minimum atomic E-state index is -0.542. The summed E-state index contributed by atoms with van der Waals surface area (Å²) in [7, 11) is 0. The van der Waals surface area contributed by atoms with Crippen molar-refractivity contribution >= 4 is 28.8 Å². The van der Waals surface area contributed by atoms with Gasteiger partial charge in [0.05, 0.1) is 11.5 Å². The normalized spacial score (nSPS) is 10.5. The maximum atomic E-state index is 13.4. The van der Waals surface area contributed by atoms with Gasteiger partial charge in [0.1, 0.15) is 12.4 Å². The molecule has 3 rings (SSSR count). The number of aryl methyl sites for hydroxylation is 1. The molecule has 1 heterocycles. The summed E-state index contributed by atoms with van der Waals surface area (Å²) in [6.07, 6.45) is 1.52. The van der Waals surface area contributed by atoms with Crippen molar-refractivity contribution in [2.45, 2.75) is 20.0 Å². The van der Waals surface area contributed by atoms with E-state index in [1.807, 2.05) is 18.4 Å². The highest BCUT2D eigenvalue weighted by molar-refractivity contribution is 7.10. The van der Waals surface area contributed by atoms with Gasteiger partial charge in [0.15, 0.2) is 0 Å². The SMILES string of the molecule is C=CCN(CC(=O)N(Cc1ccc(F)cc1)Cc1sccc1C)C(=O)c1ccc([N+](=O)[O-])cc1. The molecule has 2 amide bonds. The third kappa shape index (κ3) is 6.35. The maximum Gasteiger partial charge on any atom is 0.269 e. The molecule has 0 atom stereocenters. The fraction of sp³-hybridized carbons (Fsp3) is 0.200. The lowest BCUT2D eigenvalue weighted by Crippen LogP contribution is -2.42. The van der Waals surface area contributed by atoms with E-state index in [1.54, 1.807) is 17.0 Å². The Morgan fingerprint density at radius 2 is 1.74 bits per heavy atom.